The first kappa shape index (κ1) is 27.2. The lowest BCUT2D eigenvalue weighted by Gasteiger charge is -2.32. The Hall–Kier alpha value is -3.85. The molecule has 0 bridgehead atoms. The van der Waals surface area contributed by atoms with Crippen molar-refractivity contribution < 1.29 is 18.3 Å². The number of ether oxygens (including phenoxy) is 1. The maximum absolute atomic E-state index is 14.5. The molecular formula is C32H32NO4P. The third kappa shape index (κ3) is 6.34. The second kappa shape index (κ2) is 13.1. The van der Waals surface area contributed by atoms with Gasteiger partial charge in [0.1, 0.15) is 11.4 Å². The smallest absolute Gasteiger partial charge is 0.440 e. The first-order valence-corrected chi connectivity index (χ1v) is 14.1. The molecule has 38 heavy (non-hydrogen) atoms. The molecule has 0 saturated carbocycles. The highest BCUT2D eigenvalue weighted by Crippen LogP contribution is 2.57. The van der Waals surface area contributed by atoms with Crippen LogP contribution in [0.25, 0.3) is 11.3 Å². The van der Waals surface area contributed by atoms with Gasteiger partial charge in [-0.3, -0.25) is 9.05 Å². The second-order valence-corrected chi connectivity index (χ2v) is 10.1. The van der Waals surface area contributed by atoms with Crippen molar-refractivity contribution in [2.45, 2.75) is 13.8 Å². The molecule has 4 rings (SSSR count). The Balaban J connectivity index is 2.12. The summed E-state index contributed by atoms with van der Waals surface area (Å²) in [6.45, 7) is 4.03. The average Bonchev–Trinajstić information content (AvgIpc) is 2.97. The Bertz CT molecular complexity index is 1360. The van der Waals surface area contributed by atoms with Gasteiger partial charge in [-0.25, -0.2) is 9.24 Å². The quantitative estimate of drug-likeness (QED) is 0.145. The van der Waals surface area contributed by atoms with Gasteiger partial charge in [-0.1, -0.05) is 96.7 Å². The lowest BCUT2D eigenvalue weighted by atomic mass is 9.98. The second-order valence-electron chi connectivity index (χ2n) is 8.26. The Kier molecular flexibility index (Phi) is 9.37. The Morgan fingerprint density at radius 1 is 0.684 bits per heavy atom. The van der Waals surface area contributed by atoms with E-state index in [2.05, 4.69) is 5.73 Å². The number of anilines is 1. The van der Waals surface area contributed by atoms with Crippen molar-refractivity contribution in [2.24, 2.45) is 0 Å². The molecule has 0 fully saturated rings. The van der Waals surface area contributed by atoms with Crippen LogP contribution in [0.5, 0.6) is 5.75 Å². The van der Waals surface area contributed by atoms with Gasteiger partial charge in [-0.05, 0) is 49.2 Å². The zero-order chi connectivity index (χ0) is 26.8. The topological polar surface area (TPSA) is 48.0 Å². The minimum atomic E-state index is -3.86. The molecule has 0 N–H and O–H groups in total. The molecule has 6 heteroatoms. The van der Waals surface area contributed by atoms with Crippen LogP contribution in [-0.2, 0) is 13.6 Å². The number of hydrogen-bond donors (Lipinski definition) is 0. The van der Waals surface area contributed by atoms with Gasteiger partial charge in [0.15, 0.2) is 0 Å². The summed E-state index contributed by atoms with van der Waals surface area (Å²) < 4.78 is 33.3. The van der Waals surface area contributed by atoms with Gasteiger partial charge in [-0.15, -0.1) is 0 Å². The maximum atomic E-state index is 14.5. The number of rotatable bonds is 11. The third-order valence-electron chi connectivity index (χ3n) is 5.77. The molecule has 0 aliphatic heterocycles. The van der Waals surface area contributed by atoms with Crippen LogP contribution in [-0.4, -0.2) is 20.3 Å². The van der Waals surface area contributed by atoms with Gasteiger partial charge < -0.3 is 4.74 Å². The highest BCUT2D eigenvalue weighted by molar-refractivity contribution is 7.56. The highest BCUT2D eigenvalue weighted by atomic mass is 31.2. The van der Waals surface area contributed by atoms with Crippen LogP contribution in [0.4, 0.5) is 5.69 Å². The van der Waals surface area contributed by atoms with Crippen molar-refractivity contribution in [2.75, 3.05) is 25.0 Å². The maximum Gasteiger partial charge on any atom is 0.440 e. The summed E-state index contributed by atoms with van der Waals surface area (Å²) >= 11 is 0. The average molecular weight is 526 g/mol. The molecule has 0 aliphatic carbocycles. The lowest BCUT2D eigenvalue weighted by Crippen LogP contribution is -2.21. The largest absolute Gasteiger partial charge is 0.497 e. The van der Waals surface area contributed by atoms with E-state index in [9.17, 15) is 4.57 Å². The summed E-state index contributed by atoms with van der Waals surface area (Å²) in [7, 11) is -2.24. The van der Waals surface area contributed by atoms with E-state index < -0.39 is 7.75 Å². The SMILES string of the molecule is CCOP(=O)(OCC)N(C(=C=C(c1ccccc1)c1ccccc1)c1ccccc1)c1ccc(OC)cc1. The van der Waals surface area contributed by atoms with Crippen LogP contribution in [0.2, 0.25) is 0 Å². The van der Waals surface area contributed by atoms with Crippen LogP contribution in [0.15, 0.2) is 121 Å². The zero-order valence-electron chi connectivity index (χ0n) is 21.9. The Morgan fingerprint density at radius 2 is 1.13 bits per heavy atom. The highest BCUT2D eigenvalue weighted by Gasteiger charge is 2.37. The summed E-state index contributed by atoms with van der Waals surface area (Å²) in [5, 5.41) is 0. The van der Waals surface area contributed by atoms with E-state index in [1.807, 2.05) is 115 Å². The summed E-state index contributed by atoms with van der Waals surface area (Å²) in [6, 6.07) is 37.2. The van der Waals surface area contributed by atoms with Gasteiger partial charge in [0.25, 0.3) is 0 Å². The lowest BCUT2D eigenvalue weighted by molar-refractivity contribution is 0.220. The molecule has 0 aromatic heterocycles. The van der Waals surface area contributed by atoms with E-state index in [-0.39, 0.29) is 13.2 Å². The molecular weight excluding hydrogens is 493 g/mol. The van der Waals surface area contributed by atoms with Gasteiger partial charge in [0.2, 0.25) is 0 Å². The van der Waals surface area contributed by atoms with Crippen molar-refractivity contribution >= 4 is 24.7 Å². The number of nitrogens with zero attached hydrogens (tertiary/aromatic N) is 1. The molecule has 0 unspecified atom stereocenters. The summed E-state index contributed by atoms with van der Waals surface area (Å²) in [5.74, 6) is 0.686. The fourth-order valence-electron chi connectivity index (χ4n) is 4.08. The fourth-order valence-corrected chi connectivity index (χ4v) is 5.86. The van der Waals surface area contributed by atoms with Crippen LogP contribution in [0.3, 0.4) is 0 Å². The van der Waals surface area contributed by atoms with Gasteiger partial charge >= 0.3 is 7.75 Å². The van der Waals surface area contributed by atoms with Gasteiger partial charge in [0.05, 0.1) is 26.0 Å². The van der Waals surface area contributed by atoms with E-state index in [0.29, 0.717) is 17.1 Å². The summed E-state index contributed by atoms with van der Waals surface area (Å²) in [5.41, 5.74) is 8.45. The first-order chi connectivity index (χ1) is 18.6. The molecule has 0 radical (unpaired) electrons. The monoisotopic (exact) mass is 525 g/mol. The number of methoxy groups -OCH3 is 1. The molecule has 0 aliphatic rings. The third-order valence-corrected chi connectivity index (χ3v) is 7.86. The van der Waals surface area contributed by atoms with E-state index in [0.717, 1.165) is 22.3 Å². The molecule has 0 heterocycles. The minimum Gasteiger partial charge on any atom is -0.497 e. The summed E-state index contributed by atoms with van der Waals surface area (Å²) in [6.07, 6.45) is 0. The number of benzene rings is 4. The normalized spacial score (nSPS) is 10.9. The molecule has 0 atom stereocenters. The minimum absolute atomic E-state index is 0.208. The van der Waals surface area contributed by atoms with Crippen LogP contribution < -0.4 is 9.41 Å². The predicted molar refractivity (Wildman–Crippen MR) is 155 cm³/mol. The van der Waals surface area contributed by atoms with E-state index in [1.165, 1.54) is 0 Å². The van der Waals surface area contributed by atoms with Crippen molar-refractivity contribution in [1.29, 1.82) is 0 Å². The van der Waals surface area contributed by atoms with Crippen molar-refractivity contribution in [3.63, 3.8) is 0 Å². The Labute approximate surface area is 225 Å². The zero-order valence-corrected chi connectivity index (χ0v) is 22.8. The molecule has 0 spiro atoms. The number of hydrogen-bond acceptors (Lipinski definition) is 4. The molecule has 0 amide bonds. The van der Waals surface area contributed by atoms with E-state index in [4.69, 9.17) is 13.8 Å². The summed E-state index contributed by atoms with van der Waals surface area (Å²) in [4.78, 5) is 0. The van der Waals surface area contributed by atoms with E-state index in [1.54, 1.807) is 25.6 Å². The molecule has 4 aromatic carbocycles. The van der Waals surface area contributed by atoms with Crippen LogP contribution in [0, 0.1) is 0 Å². The van der Waals surface area contributed by atoms with Crippen LogP contribution >= 0.6 is 7.75 Å². The van der Waals surface area contributed by atoms with Crippen molar-refractivity contribution in [3.05, 3.63) is 138 Å². The van der Waals surface area contributed by atoms with Crippen molar-refractivity contribution in [3.8, 4) is 5.75 Å². The van der Waals surface area contributed by atoms with Crippen molar-refractivity contribution in [1.82, 2.24) is 0 Å². The standard InChI is InChI=1S/C32H32NO4P/c1-4-36-38(34,37-5-2)33(29-21-23-30(35-3)24-22-29)32(28-19-13-8-14-20-28)25-31(26-15-9-6-10-16-26)27-17-11-7-12-18-27/h6-24H,4-5H2,1-3H3. The molecule has 5 nitrogen and oxygen atoms in total. The van der Waals surface area contributed by atoms with Crippen LogP contribution in [0.1, 0.15) is 30.5 Å². The molecule has 194 valence electrons. The molecule has 0 saturated heterocycles. The van der Waals surface area contributed by atoms with Gasteiger partial charge in [-0.2, -0.15) is 0 Å². The first-order valence-electron chi connectivity index (χ1n) is 12.6. The molecule has 4 aromatic rings. The van der Waals surface area contributed by atoms with E-state index >= 15 is 0 Å². The Morgan fingerprint density at radius 3 is 1.55 bits per heavy atom. The van der Waals surface area contributed by atoms with Gasteiger partial charge in [0, 0.05) is 11.1 Å². The fraction of sp³-hybridized carbons (Fsp3) is 0.156. The predicted octanol–water partition coefficient (Wildman–Crippen LogP) is 8.45.